The van der Waals surface area contributed by atoms with Crippen molar-refractivity contribution in [2.24, 2.45) is 0 Å². The van der Waals surface area contributed by atoms with Crippen molar-refractivity contribution < 1.29 is 4.79 Å². The molecule has 0 aliphatic rings. The summed E-state index contributed by atoms with van der Waals surface area (Å²) in [6.45, 7) is 0.696. The van der Waals surface area contributed by atoms with Gasteiger partial charge in [-0.05, 0) is 46.8 Å². The Balaban J connectivity index is 2.34. The summed E-state index contributed by atoms with van der Waals surface area (Å²) < 4.78 is 0.664. The third-order valence-electron chi connectivity index (χ3n) is 2.43. The summed E-state index contributed by atoms with van der Waals surface area (Å²) in [6.07, 6.45) is 6.99. The lowest BCUT2D eigenvalue weighted by atomic mass is 10.2. The van der Waals surface area contributed by atoms with E-state index in [1.165, 1.54) is 12.2 Å². The maximum Gasteiger partial charge on any atom is 0.252 e. The SMILES string of the molecule is CSCCCCCNC(=O)c1cc(N)ncc1Br. The molecule has 1 rings (SSSR count). The van der Waals surface area contributed by atoms with Gasteiger partial charge in [-0.2, -0.15) is 11.8 Å². The molecule has 0 bridgehead atoms. The van der Waals surface area contributed by atoms with E-state index in [4.69, 9.17) is 5.73 Å². The Morgan fingerprint density at radius 1 is 1.50 bits per heavy atom. The van der Waals surface area contributed by atoms with Crippen LogP contribution in [-0.4, -0.2) is 29.4 Å². The van der Waals surface area contributed by atoms with Crippen LogP contribution < -0.4 is 11.1 Å². The molecule has 0 spiro atoms. The number of hydrogen-bond acceptors (Lipinski definition) is 4. The smallest absolute Gasteiger partial charge is 0.252 e. The molecule has 0 aromatic carbocycles. The molecule has 0 unspecified atom stereocenters. The second kappa shape index (κ2) is 8.37. The van der Waals surface area contributed by atoms with Crippen LogP contribution in [0.15, 0.2) is 16.7 Å². The number of rotatable bonds is 7. The molecule has 0 atom stereocenters. The minimum Gasteiger partial charge on any atom is -0.384 e. The summed E-state index contributed by atoms with van der Waals surface area (Å²) in [5, 5.41) is 2.88. The van der Waals surface area contributed by atoms with E-state index in [1.54, 1.807) is 12.3 Å². The number of carbonyl (C=O) groups excluding carboxylic acids is 1. The number of unbranched alkanes of at least 4 members (excludes halogenated alkanes) is 2. The molecule has 100 valence electrons. The molecule has 1 heterocycles. The van der Waals surface area contributed by atoms with E-state index < -0.39 is 0 Å². The number of pyridine rings is 1. The first-order valence-electron chi connectivity index (χ1n) is 5.83. The molecular formula is C12H18BrN3OS. The van der Waals surface area contributed by atoms with Gasteiger partial charge in [0.25, 0.3) is 5.91 Å². The second-order valence-corrected chi connectivity index (χ2v) is 5.74. The number of nitrogens with zero attached hydrogens (tertiary/aromatic N) is 1. The predicted octanol–water partition coefficient (Wildman–Crippen LogP) is 2.69. The van der Waals surface area contributed by atoms with E-state index in [1.807, 2.05) is 11.8 Å². The quantitative estimate of drug-likeness (QED) is 0.754. The third-order valence-corrected chi connectivity index (χ3v) is 3.76. The van der Waals surface area contributed by atoms with Gasteiger partial charge in [0.2, 0.25) is 0 Å². The van der Waals surface area contributed by atoms with Gasteiger partial charge in [-0.25, -0.2) is 4.98 Å². The minimum atomic E-state index is -0.110. The number of thioether (sulfide) groups is 1. The largest absolute Gasteiger partial charge is 0.384 e. The van der Waals surface area contributed by atoms with E-state index in [0.717, 1.165) is 12.8 Å². The molecule has 1 amide bonds. The molecule has 18 heavy (non-hydrogen) atoms. The van der Waals surface area contributed by atoms with Gasteiger partial charge < -0.3 is 11.1 Å². The molecule has 0 aliphatic heterocycles. The number of nitrogens with one attached hydrogen (secondary N) is 1. The molecule has 0 radical (unpaired) electrons. The number of hydrogen-bond donors (Lipinski definition) is 2. The van der Waals surface area contributed by atoms with Gasteiger partial charge in [-0.15, -0.1) is 0 Å². The second-order valence-electron chi connectivity index (χ2n) is 3.90. The zero-order valence-electron chi connectivity index (χ0n) is 10.4. The highest BCUT2D eigenvalue weighted by atomic mass is 79.9. The van der Waals surface area contributed by atoms with Crippen LogP contribution in [0.2, 0.25) is 0 Å². The van der Waals surface area contributed by atoms with Crippen molar-refractivity contribution in [3.8, 4) is 0 Å². The van der Waals surface area contributed by atoms with E-state index in [9.17, 15) is 4.79 Å². The van der Waals surface area contributed by atoms with Crippen molar-refractivity contribution in [1.29, 1.82) is 0 Å². The van der Waals surface area contributed by atoms with E-state index >= 15 is 0 Å². The molecular weight excluding hydrogens is 314 g/mol. The number of aromatic nitrogens is 1. The summed E-state index contributed by atoms with van der Waals surface area (Å²) in [5.74, 6) is 1.42. The molecule has 0 aliphatic carbocycles. The first kappa shape index (κ1) is 15.3. The highest BCUT2D eigenvalue weighted by Crippen LogP contribution is 2.17. The number of amides is 1. The average molecular weight is 332 g/mol. The maximum atomic E-state index is 11.9. The maximum absolute atomic E-state index is 11.9. The molecule has 1 aromatic rings. The first-order chi connectivity index (χ1) is 8.65. The van der Waals surface area contributed by atoms with Crippen LogP contribution in [0.25, 0.3) is 0 Å². The predicted molar refractivity (Wildman–Crippen MR) is 80.9 cm³/mol. The van der Waals surface area contributed by atoms with Crippen LogP contribution in [0.4, 0.5) is 5.82 Å². The normalized spacial score (nSPS) is 10.3. The number of nitrogens with two attached hydrogens (primary N) is 1. The number of nitrogen functional groups attached to an aromatic ring is 1. The zero-order valence-corrected chi connectivity index (χ0v) is 12.8. The van der Waals surface area contributed by atoms with Crippen molar-refractivity contribution in [2.75, 3.05) is 24.3 Å². The Hall–Kier alpha value is -0.750. The molecule has 0 saturated carbocycles. The van der Waals surface area contributed by atoms with Crippen LogP contribution in [-0.2, 0) is 0 Å². The van der Waals surface area contributed by atoms with Gasteiger partial charge in [0.1, 0.15) is 5.82 Å². The van der Waals surface area contributed by atoms with E-state index in [2.05, 4.69) is 32.5 Å². The van der Waals surface area contributed by atoms with E-state index in [0.29, 0.717) is 22.4 Å². The first-order valence-corrected chi connectivity index (χ1v) is 8.02. The Morgan fingerprint density at radius 2 is 2.28 bits per heavy atom. The summed E-state index contributed by atoms with van der Waals surface area (Å²) in [5.41, 5.74) is 6.09. The molecule has 4 nitrogen and oxygen atoms in total. The van der Waals surface area contributed by atoms with Crippen molar-refractivity contribution in [3.05, 3.63) is 22.3 Å². The summed E-state index contributed by atoms with van der Waals surface area (Å²) in [7, 11) is 0. The monoisotopic (exact) mass is 331 g/mol. The van der Waals surface area contributed by atoms with Crippen LogP contribution in [0, 0.1) is 0 Å². The third kappa shape index (κ3) is 5.27. The number of anilines is 1. The van der Waals surface area contributed by atoms with Gasteiger partial charge in [0.05, 0.1) is 5.56 Å². The lowest BCUT2D eigenvalue weighted by Gasteiger charge is -2.07. The lowest BCUT2D eigenvalue weighted by Crippen LogP contribution is -2.25. The number of carbonyl (C=O) groups is 1. The Kier molecular flexibility index (Phi) is 7.12. The summed E-state index contributed by atoms with van der Waals surface area (Å²) in [6, 6.07) is 1.58. The highest BCUT2D eigenvalue weighted by molar-refractivity contribution is 9.10. The van der Waals surface area contributed by atoms with Crippen molar-refractivity contribution in [2.45, 2.75) is 19.3 Å². The van der Waals surface area contributed by atoms with Gasteiger partial charge in [0.15, 0.2) is 0 Å². The Morgan fingerprint density at radius 3 is 3.00 bits per heavy atom. The summed E-state index contributed by atoms with van der Waals surface area (Å²) in [4.78, 5) is 15.8. The molecule has 1 aromatic heterocycles. The molecule has 6 heteroatoms. The number of halogens is 1. The highest BCUT2D eigenvalue weighted by Gasteiger charge is 2.10. The van der Waals surface area contributed by atoms with Crippen molar-refractivity contribution in [1.82, 2.24) is 10.3 Å². The van der Waals surface area contributed by atoms with Crippen LogP contribution in [0.3, 0.4) is 0 Å². The minimum absolute atomic E-state index is 0.110. The van der Waals surface area contributed by atoms with E-state index in [-0.39, 0.29) is 5.91 Å². The topological polar surface area (TPSA) is 68.0 Å². The van der Waals surface area contributed by atoms with Gasteiger partial charge in [0, 0.05) is 17.2 Å². The summed E-state index contributed by atoms with van der Waals surface area (Å²) >= 11 is 5.14. The van der Waals surface area contributed by atoms with Gasteiger partial charge in [-0.1, -0.05) is 6.42 Å². The zero-order chi connectivity index (χ0) is 13.4. The molecule has 0 fully saturated rings. The van der Waals surface area contributed by atoms with Crippen LogP contribution >= 0.6 is 27.7 Å². The lowest BCUT2D eigenvalue weighted by molar-refractivity contribution is 0.0952. The van der Waals surface area contributed by atoms with Crippen molar-refractivity contribution >= 4 is 39.4 Å². The fourth-order valence-electron chi connectivity index (χ4n) is 1.47. The Bertz CT molecular complexity index is 401. The fraction of sp³-hybridized carbons (Fsp3) is 0.500. The van der Waals surface area contributed by atoms with Crippen LogP contribution in [0.1, 0.15) is 29.6 Å². The Labute approximate surface area is 120 Å². The van der Waals surface area contributed by atoms with Crippen molar-refractivity contribution in [3.63, 3.8) is 0 Å². The fourth-order valence-corrected chi connectivity index (χ4v) is 2.36. The molecule has 0 saturated heterocycles. The van der Waals surface area contributed by atoms with Gasteiger partial charge >= 0.3 is 0 Å². The van der Waals surface area contributed by atoms with Crippen LogP contribution in [0.5, 0.6) is 0 Å². The average Bonchev–Trinajstić information content (AvgIpc) is 2.36. The van der Waals surface area contributed by atoms with Gasteiger partial charge in [-0.3, -0.25) is 4.79 Å². The standard InChI is InChI=1S/C12H18BrN3OS/c1-18-6-4-2-3-5-15-12(17)9-7-11(14)16-8-10(9)13/h7-8H,2-6H2,1H3,(H2,14,16)(H,15,17). The molecule has 3 N–H and O–H groups in total.